The van der Waals surface area contributed by atoms with E-state index in [4.69, 9.17) is 9.47 Å². The van der Waals surface area contributed by atoms with Crippen LogP contribution in [0.5, 0.6) is 0 Å². The Labute approximate surface area is 164 Å². The van der Waals surface area contributed by atoms with E-state index in [0.717, 1.165) is 65.3 Å². The molecule has 2 aromatic rings. The molecule has 1 amide bonds. The fourth-order valence-corrected chi connectivity index (χ4v) is 4.91. The molecular formula is C20H27N5O3. The van der Waals surface area contributed by atoms with Crippen molar-refractivity contribution in [3.63, 3.8) is 0 Å². The summed E-state index contributed by atoms with van der Waals surface area (Å²) >= 11 is 0. The highest BCUT2D eigenvalue weighted by molar-refractivity contribution is 5.99. The third-order valence-electron chi connectivity index (χ3n) is 6.24. The van der Waals surface area contributed by atoms with Crippen molar-refractivity contribution in [1.29, 1.82) is 0 Å². The summed E-state index contributed by atoms with van der Waals surface area (Å²) in [6.45, 7) is 6.96. The number of nitrogens with zero attached hydrogens (tertiary/aromatic N) is 5. The third kappa shape index (κ3) is 3.40. The number of hydrogen-bond acceptors (Lipinski definition) is 6. The van der Waals surface area contributed by atoms with Gasteiger partial charge in [0.05, 0.1) is 31.6 Å². The maximum absolute atomic E-state index is 13.2. The van der Waals surface area contributed by atoms with Gasteiger partial charge in [0, 0.05) is 45.1 Å². The molecule has 2 atom stereocenters. The second kappa shape index (κ2) is 7.42. The molecule has 2 aromatic heterocycles. The predicted octanol–water partition coefficient (Wildman–Crippen LogP) is 1.07. The minimum atomic E-state index is -0.193. The van der Waals surface area contributed by atoms with E-state index in [9.17, 15) is 4.79 Å². The van der Waals surface area contributed by atoms with Gasteiger partial charge in [-0.15, -0.1) is 0 Å². The zero-order valence-corrected chi connectivity index (χ0v) is 16.1. The summed E-state index contributed by atoms with van der Waals surface area (Å²) in [7, 11) is 0. The van der Waals surface area contributed by atoms with Crippen LogP contribution in [0, 0.1) is 5.92 Å². The summed E-state index contributed by atoms with van der Waals surface area (Å²) in [5, 5.41) is 4.26. The van der Waals surface area contributed by atoms with Crippen molar-refractivity contribution in [1.82, 2.24) is 24.4 Å². The Hall–Kier alpha value is -2.03. The van der Waals surface area contributed by atoms with E-state index in [1.807, 2.05) is 17.2 Å². The van der Waals surface area contributed by atoms with Gasteiger partial charge >= 0.3 is 0 Å². The number of morpholine rings is 1. The fraction of sp³-hybridized carbons (Fsp3) is 0.650. The predicted molar refractivity (Wildman–Crippen MR) is 102 cm³/mol. The number of aromatic nitrogens is 3. The van der Waals surface area contributed by atoms with E-state index in [2.05, 4.69) is 15.0 Å². The molecule has 3 fully saturated rings. The molecule has 3 saturated heterocycles. The molecular weight excluding hydrogens is 358 g/mol. The first-order chi connectivity index (χ1) is 13.7. The van der Waals surface area contributed by atoms with Gasteiger partial charge in [-0.1, -0.05) is 0 Å². The van der Waals surface area contributed by atoms with Crippen LogP contribution in [-0.4, -0.2) is 88.5 Å². The quantitative estimate of drug-likeness (QED) is 0.787. The molecule has 0 saturated carbocycles. The van der Waals surface area contributed by atoms with Crippen molar-refractivity contribution in [3.8, 4) is 0 Å². The Morgan fingerprint density at radius 2 is 2.18 bits per heavy atom. The number of amides is 1. The van der Waals surface area contributed by atoms with Crippen LogP contribution < -0.4 is 0 Å². The minimum Gasteiger partial charge on any atom is -0.379 e. The summed E-state index contributed by atoms with van der Waals surface area (Å²) < 4.78 is 13.4. The number of carbonyl (C=O) groups is 1. The van der Waals surface area contributed by atoms with Gasteiger partial charge in [-0.3, -0.25) is 9.69 Å². The van der Waals surface area contributed by atoms with Crippen molar-refractivity contribution < 1.29 is 14.3 Å². The maximum Gasteiger partial charge on any atom is 0.259 e. The van der Waals surface area contributed by atoms with Gasteiger partial charge in [0.25, 0.3) is 5.91 Å². The summed E-state index contributed by atoms with van der Waals surface area (Å²) in [6, 6.07) is 1.81. The van der Waals surface area contributed by atoms with Gasteiger partial charge in [-0.05, 0) is 31.2 Å². The lowest BCUT2D eigenvalue weighted by atomic mass is 9.86. The van der Waals surface area contributed by atoms with Crippen molar-refractivity contribution in [2.45, 2.75) is 24.9 Å². The molecule has 8 nitrogen and oxygen atoms in total. The SMILES string of the molecule is O=C(c1cnn2cccnc12)N1CCCC2(CC(CN3CCOCC3)CO2)C1. The van der Waals surface area contributed by atoms with Gasteiger partial charge in [0.1, 0.15) is 5.56 Å². The molecule has 0 bridgehead atoms. The fourth-order valence-electron chi connectivity index (χ4n) is 4.91. The van der Waals surface area contributed by atoms with E-state index >= 15 is 0 Å². The molecule has 0 radical (unpaired) electrons. The normalized spacial score (nSPS) is 29.0. The molecule has 0 aliphatic carbocycles. The van der Waals surface area contributed by atoms with Gasteiger partial charge in [-0.25, -0.2) is 9.50 Å². The Bertz CT molecular complexity index is 849. The zero-order chi connectivity index (χ0) is 19.0. The number of hydrogen-bond donors (Lipinski definition) is 0. The van der Waals surface area contributed by atoms with E-state index in [1.165, 1.54) is 0 Å². The molecule has 5 heterocycles. The van der Waals surface area contributed by atoms with E-state index in [1.54, 1.807) is 16.9 Å². The largest absolute Gasteiger partial charge is 0.379 e. The Morgan fingerprint density at radius 3 is 3.07 bits per heavy atom. The molecule has 0 N–H and O–H groups in total. The molecule has 0 aromatic carbocycles. The molecule has 5 rings (SSSR count). The summed E-state index contributed by atoms with van der Waals surface area (Å²) in [6.07, 6.45) is 8.17. The van der Waals surface area contributed by atoms with Crippen LogP contribution in [0.15, 0.2) is 24.7 Å². The van der Waals surface area contributed by atoms with E-state index < -0.39 is 0 Å². The van der Waals surface area contributed by atoms with Crippen LogP contribution in [-0.2, 0) is 9.47 Å². The van der Waals surface area contributed by atoms with Gasteiger partial charge in [0.2, 0.25) is 0 Å². The zero-order valence-electron chi connectivity index (χ0n) is 16.1. The topological polar surface area (TPSA) is 72.2 Å². The Kier molecular flexibility index (Phi) is 4.78. The molecule has 1 spiro atoms. The van der Waals surface area contributed by atoms with Crippen LogP contribution >= 0.6 is 0 Å². The third-order valence-corrected chi connectivity index (χ3v) is 6.24. The van der Waals surface area contributed by atoms with E-state index in [-0.39, 0.29) is 11.5 Å². The monoisotopic (exact) mass is 385 g/mol. The average molecular weight is 385 g/mol. The van der Waals surface area contributed by atoms with Crippen molar-refractivity contribution in [2.24, 2.45) is 5.92 Å². The van der Waals surface area contributed by atoms with Crippen molar-refractivity contribution >= 4 is 11.6 Å². The second-order valence-corrected chi connectivity index (χ2v) is 8.25. The first-order valence-corrected chi connectivity index (χ1v) is 10.2. The smallest absolute Gasteiger partial charge is 0.259 e. The van der Waals surface area contributed by atoms with Crippen LogP contribution in [0.2, 0.25) is 0 Å². The van der Waals surface area contributed by atoms with Gasteiger partial charge in [-0.2, -0.15) is 5.10 Å². The van der Waals surface area contributed by atoms with Gasteiger partial charge < -0.3 is 14.4 Å². The summed E-state index contributed by atoms with van der Waals surface area (Å²) in [5.74, 6) is 0.541. The number of piperidine rings is 1. The van der Waals surface area contributed by atoms with Crippen LogP contribution in [0.1, 0.15) is 29.6 Å². The van der Waals surface area contributed by atoms with Crippen LogP contribution in [0.4, 0.5) is 0 Å². The van der Waals surface area contributed by atoms with Crippen molar-refractivity contribution in [3.05, 3.63) is 30.2 Å². The summed E-state index contributed by atoms with van der Waals surface area (Å²) in [4.78, 5) is 21.9. The molecule has 150 valence electrons. The van der Waals surface area contributed by atoms with Crippen LogP contribution in [0.25, 0.3) is 5.65 Å². The number of carbonyl (C=O) groups excluding carboxylic acids is 1. The second-order valence-electron chi connectivity index (χ2n) is 8.25. The first-order valence-electron chi connectivity index (χ1n) is 10.2. The number of fused-ring (bicyclic) bond motifs is 1. The highest BCUT2D eigenvalue weighted by Gasteiger charge is 2.45. The number of ether oxygens (including phenoxy) is 2. The van der Waals surface area contributed by atoms with Crippen molar-refractivity contribution in [2.75, 3.05) is 52.5 Å². The molecule has 3 aliphatic rings. The molecule has 2 unspecified atom stereocenters. The lowest BCUT2D eigenvalue weighted by Gasteiger charge is -2.39. The lowest BCUT2D eigenvalue weighted by Crippen LogP contribution is -2.50. The number of rotatable bonds is 3. The minimum absolute atomic E-state index is 0.00741. The highest BCUT2D eigenvalue weighted by atomic mass is 16.5. The molecule has 28 heavy (non-hydrogen) atoms. The van der Waals surface area contributed by atoms with E-state index in [0.29, 0.717) is 23.7 Å². The lowest BCUT2D eigenvalue weighted by molar-refractivity contribution is -0.0451. The number of likely N-dealkylation sites (tertiary alicyclic amines) is 1. The standard InChI is InChI=1S/C20H27N5O3/c26-19(17-12-22-25-6-2-4-21-18(17)25)24-5-1-3-20(15-24)11-16(14-28-20)13-23-7-9-27-10-8-23/h2,4,6,12,16H,1,3,5,7-11,13-15H2. The first kappa shape index (κ1) is 18.0. The maximum atomic E-state index is 13.2. The van der Waals surface area contributed by atoms with Gasteiger partial charge in [0.15, 0.2) is 5.65 Å². The average Bonchev–Trinajstić information content (AvgIpc) is 3.33. The Morgan fingerprint density at radius 1 is 1.29 bits per heavy atom. The highest BCUT2D eigenvalue weighted by Crippen LogP contribution is 2.38. The van der Waals surface area contributed by atoms with Crippen LogP contribution in [0.3, 0.4) is 0 Å². The molecule has 3 aliphatic heterocycles. The Balaban J connectivity index is 1.26. The molecule has 8 heteroatoms. The summed E-state index contributed by atoms with van der Waals surface area (Å²) in [5.41, 5.74) is 0.992.